The van der Waals surface area contributed by atoms with E-state index in [4.69, 9.17) is 27.9 Å². The van der Waals surface area contributed by atoms with Crippen LogP contribution in [-0.4, -0.2) is 17.5 Å². The van der Waals surface area contributed by atoms with Crippen molar-refractivity contribution in [3.05, 3.63) is 64.9 Å². The van der Waals surface area contributed by atoms with Gasteiger partial charge in [0.25, 0.3) is 5.91 Å². The number of pyridine rings is 1. The number of carbonyl (C=O) groups excluding carboxylic acids is 1. The lowest BCUT2D eigenvalue weighted by Crippen LogP contribution is -2.39. The Hall–Kier alpha value is -2.24. The van der Waals surface area contributed by atoms with Crippen LogP contribution in [0.2, 0.25) is 10.0 Å². The van der Waals surface area contributed by atoms with Gasteiger partial charge in [-0.1, -0.05) is 35.8 Å². The number of rotatable bonds is 6. The molecule has 0 radical (unpaired) electrons. The summed E-state index contributed by atoms with van der Waals surface area (Å²) in [7, 11) is 0. The number of aromatic nitrogens is 1. The van der Waals surface area contributed by atoms with Crippen LogP contribution in [0.1, 0.15) is 5.69 Å². The van der Waals surface area contributed by atoms with Crippen molar-refractivity contribution in [1.82, 2.24) is 15.8 Å². The van der Waals surface area contributed by atoms with Gasteiger partial charge in [-0.15, -0.1) is 0 Å². The number of hydrogen-bond acceptors (Lipinski definition) is 4. The Morgan fingerprint density at radius 1 is 1.23 bits per heavy atom. The molecule has 2 rings (SSSR count). The van der Waals surface area contributed by atoms with Crippen LogP contribution < -0.4 is 15.6 Å². The molecule has 0 spiro atoms. The third-order valence-corrected chi connectivity index (χ3v) is 3.11. The first kappa shape index (κ1) is 16.1. The van der Waals surface area contributed by atoms with Crippen molar-refractivity contribution in [3.8, 4) is 5.75 Å². The fraction of sp³-hybridized carbons (Fsp3) is 0.0667. The Morgan fingerprint density at radius 3 is 2.73 bits per heavy atom. The van der Waals surface area contributed by atoms with E-state index in [-0.39, 0.29) is 12.5 Å². The summed E-state index contributed by atoms with van der Waals surface area (Å²) in [5, 5.41) is 0.835. The van der Waals surface area contributed by atoms with Crippen molar-refractivity contribution >= 4 is 34.8 Å². The van der Waals surface area contributed by atoms with Gasteiger partial charge in [0.15, 0.2) is 6.61 Å². The molecule has 0 bridgehead atoms. The summed E-state index contributed by atoms with van der Waals surface area (Å²) in [4.78, 5) is 15.8. The molecule has 0 saturated heterocycles. The second kappa shape index (κ2) is 7.68. The first-order valence-electron chi connectivity index (χ1n) is 6.29. The van der Waals surface area contributed by atoms with E-state index >= 15 is 0 Å². The zero-order valence-corrected chi connectivity index (χ0v) is 13.0. The van der Waals surface area contributed by atoms with Gasteiger partial charge in [-0.3, -0.25) is 20.6 Å². The number of nitrogens with one attached hydrogen (secondary N) is 2. The molecule has 1 heterocycles. The molecule has 0 saturated carbocycles. The van der Waals surface area contributed by atoms with Gasteiger partial charge in [0.2, 0.25) is 0 Å². The van der Waals surface area contributed by atoms with Crippen LogP contribution in [0, 0.1) is 0 Å². The van der Waals surface area contributed by atoms with Crippen LogP contribution in [0.25, 0.3) is 5.70 Å². The minimum absolute atomic E-state index is 0.205. The second-order valence-electron chi connectivity index (χ2n) is 4.23. The van der Waals surface area contributed by atoms with Crippen LogP contribution in [0.5, 0.6) is 5.75 Å². The lowest BCUT2D eigenvalue weighted by Gasteiger charge is -2.11. The highest BCUT2D eigenvalue weighted by atomic mass is 35.5. The summed E-state index contributed by atoms with van der Waals surface area (Å²) in [5.74, 6) is -0.00660. The standard InChI is InChI=1S/C15H13Cl2N3O2/c1-10(13-4-2-3-7-18-13)19-20-15(21)9-22-14-6-5-11(16)8-12(14)17/h2-8,19H,1,9H2,(H,20,21). The number of ether oxygens (including phenoxy) is 1. The van der Waals surface area contributed by atoms with Crippen LogP contribution in [-0.2, 0) is 4.79 Å². The van der Waals surface area contributed by atoms with Gasteiger partial charge in [-0.25, -0.2) is 0 Å². The number of amides is 1. The largest absolute Gasteiger partial charge is 0.482 e. The van der Waals surface area contributed by atoms with E-state index in [1.165, 1.54) is 6.07 Å². The molecule has 1 amide bonds. The highest BCUT2D eigenvalue weighted by Gasteiger charge is 2.07. The van der Waals surface area contributed by atoms with Crippen molar-refractivity contribution in [2.45, 2.75) is 0 Å². The molecule has 0 atom stereocenters. The maximum Gasteiger partial charge on any atom is 0.276 e. The number of nitrogens with zero attached hydrogens (tertiary/aromatic N) is 1. The number of benzene rings is 1. The molecular formula is C15H13Cl2N3O2. The third-order valence-electron chi connectivity index (χ3n) is 2.58. The summed E-state index contributed by atoms with van der Waals surface area (Å²) in [6.45, 7) is 3.57. The minimum atomic E-state index is -0.386. The number of hydrogen-bond donors (Lipinski definition) is 2. The van der Waals surface area contributed by atoms with Crippen LogP contribution >= 0.6 is 23.2 Å². The summed E-state index contributed by atoms with van der Waals surface area (Å²) in [5.41, 5.74) is 6.23. The van der Waals surface area contributed by atoms with Crippen molar-refractivity contribution in [2.24, 2.45) is 0 Å². The van der Waals surface area contributed by atoms with Gasteiger partial charge in [0.1, 0.15) is 5.75 Å². The zero-order chi connectivity index (χ0) is 15.9. The first-order chi connectivity index (χ1) is 10.6. The molecular weight excluding hydrogens is 325 g/mol. The summed E-state index contributed by atoms with van der Waals surface area (Å²) >= 11 is 11.7. The molecule has 114 valence electrons. The quantitative estimate of drug-likeness (QED) is 0.795. The fourth-order valence-corrected chi connectivity index (χ4v) is 1.99. The van der Waals surface area contributed by atoms with Gasteiger partial charge >= 0.3 is 0 Å². The lowest BCUT2D eigenvalue weighted by atomic mass is 10.3. The number of carbonyl (C=O) groups is 1. The molecule has 0 aliphatic heterocycles. The predicted octanol–water partition coefficient (Wildman–Crippen LogP) is 3.06. The van der Waals surface area contributed by atoms with Crippen molar-refractivity contribution in [1.29, 1.82) is 0 Å². The van der Waals surface area contributed by atoms with Crippen molar-refractivity contribution in [3.63, 3.8) is 0 Å². The molecule has 0 unspecified atom stereocenters. The Morgan fingerprint density at radius 2 is 2.05 bits per heavy atom. The zero-order valence-electron chi connectivity index (χ0n) is 11.5. The minimum Gasteiger partial charge on any atom is -0.482 e. The molecule has 2 N–H and O–H groups in total. The van der Waals surface area contributed by atoms with Crippen molar-refractivity contribution in [2.75, 3.05) is 6.61 Å². The van der Waals surface area contributed by atoms with Gasteiger partial charge < -0.3 is 4.74 Å². The number of hydrazine groups is 1. The average molecular weight is 338 g/mol. The fourth-order valence-electron chi connectivity index (χ4n) is 1.52. The van der Waals surface area contributed by atoms with E-state index in [0.717, 1.165) is 0 Å². The van der Waals surface area contributed by atoms with E-state index in [9.17, 15) is 4.79 Å². The smallest absolute Gasteiger partial charge is 0.276 e. The monoisotopic (exact) mass is 337 g/mol. The van der Waals surface area contributed by atoms with E-state index in [1.54, 1.807) is 30.5 Å². The van der Waals surface area contributed by atoms with Crippen LogP contribution in [0.4, 0.5) is 0 Å². The maximum atomic E-state index is 11.7. The van der Waals surface area contributed by atoms with Gasteiger partial charge in [0.05, 0.1) is 16.4 Å². The molecule has 0 aliphatic carbocycles. The topological polar surface area (TPSA) is 63.2 Å². The Labute approximate surface area is 137 Å². The highest BCUT2D eigenvalue weighted by molar-refractivity contribution is 6.35. The highest BCUT2D eigenvalue weighted by Crippen LogP contribution is 2.27. The molecule has 1 aromatic carbocycles. The summed E-state index contributed by atoms with van der Waals surface area (Å²) in [6, 6.07) is 10.1. The number of halogens is 2. The Bertz CT molecular complexity index is 678. The second-order valence-corrected chi connectivity index (χ2v) is 5.07. The first-order valence-corrected chi connectivity index (χ1v) is 7.05. The van der Waals surface area contributed by atoms with E-state index in [1.807, 2.05) is 6.07 Å². The van der Waals surface area contributed by atoms with Gasteiger partial charge in [-0.2, -0.15) is 0 Å². The van der Waals surface area contributed by atoms with Crippen LogP contribution in [0.15, 0.2) is 49.2 Å². The predicted molar refractivity (Wildman–Crippen MR) is 86.5 cm³/mol. The molecule has 1 aromatic heterocycles. The Kier molecular flexibility index (Phi) is 5.63. The van der Waals surface area contributed by atoms with E-state index in [0.29, 0.717) is 27.2 Å². The average Bonchev–Trinajstić information content (AvgIpc) is 2.52. The van der Waals surface area contributed by atoms with E-state index < -0.39 is 0 Å². The van der Waals surface area contributed by atoms with E-state index in [2.05, 4.69) is 22.4 Å². The molecule has 5 nitrogen and oxygen atoms in total. The summed E-state index contributed by atoms with van der Waals surface area (Å²) < 4.78 is 5.30. The SMILES string of the molecule is C=C(NNC(=O)COc1ccc(Cl)cc1Cl)c1ccccn1. The molecule has 0 aliphatic rings. The normalized spacial score (nSPS) is 9.91. The molecule has 0 fully saturated rings. The van der Waals surface area contributed by atoms with Crippen LogP contribution in [0.3, 0.4) is 0 Å². The lowest BCUT2D eigenvalue weighted by molar-refractivity contribution is -0.123. The molecule has 2 aromatic rings. The third kappa shape index (κ3) is 4.65. The van der Waals surface area contributed by atoms with Gasteiger partial charge in [-0.05, 0) is 30.3 Å². The Balaban J connectivity index is 1.80. The molecule has 22 heavy (non-hydrogen) atoms. The van der Waals surface area contributed by atoms with Crippen molar-refractivity contribution < 1.29 is 9.53 Å². The molecule has 7 heteroatoms. The maximum absolute atomic E-state index is 11.7. The van der Waals surface area contributed by atoms with Gasteiger partial charge in [0, 0.05) is 11.2 Å². The summed E-state index contributed by atoms with van der Waals surface area (Å²) in [6.07, 6.45) is 1.63.